The molecule has 212 valence electrons. The van der Waals surface area contributed by atoms with Gasteiger partial charge in [-0.15, -0.1) is 0 Å². The summed E-state index contributed by atoms with van der Waals surface area (Å²) in [5, 5.41) is 13.4. The topological polar surface area (TPSA) is 79.4 Å². The number of nitrogens with zero attached hydrogens (tertiary/aromatic N) is 3. The molecule has 0 aliphatic carbocycles. The molecule has 0 radical (unpaired) electrons. The van der Waals surface area contributed by atoms with Crippen LogP contribution in [0.2, 0.25) is 0 Å². The second-order valence-electron chi connectivity index (χ2n) is 10.0. The number of carbonyl (C=O) groups excluding carboxylic acids is 1. The molecule has 44 heavy (non-hydrogen) atoms. The molecule has 0 saturated heterocycles. The lowest BCUT2D eigenvalue weighted by Gasteiger charge is -2.15. The first-order chi connectivity index (χ1) is 21.7. The van der Waals surface area contributed by atoms with E-state index in [0.29, 0.717) is 23.5 Å². The minimum Gasteiger partial charge on any atom is -0.489 e. The molecule has 0 spiro atoms. The lowest BCUT2D eigenvalue weighted by atomic mass is 10.1. The summed E-state index contributed by atoms with van der Waals surface area (Å²) in [7, 11) is 0. The van der Waals surface area contributed by atoms with Gasteiger partial charge in [0.05, 0.1) is 29.2 Å². The average Bonchev–Trinajstić information content (AvgIpc) is 3.54. The van der Waals surface area contributed by atoms with E-state index >= 15 is 0 Å². The van der Waals surface area contributed by atoms with E-state index in [9.17, 15) is 10.1 Å². The van der Waals surface area contributed by atoms with Gasteiger partial charge in [0.25, 0.3) is 5.91 Å². The Hall–Kier alpha value is -6.19. The van der Waals surface area contributed by atoms with E-state index in [0.717, 1.165) is 39.3 Å². The number of nitrogens with one attached hydrogen (secondary N) is 1. The van der Waals surface area contributed by atoms with Gasteiger partial charge in [-0.25, -0.2) is 5.43 Å². The van der Waals surface area contributed by atoms with E-state index < -0.39 is 0 Å². The minimum atomic E-state index is -0.303. The number of nitriles is 1. The molecule has 6 nitrogen and oxygen atoms in total. The van der Waals surface area contributed by atoms with Gasteiger partial charge >= 0.3 is 0 Å². The van der Waals surface area contributed by atoms with Crippen LogP contribution in [-0.2, 0) is 6.61 Å². The number of carbonyl (C=O) groups is 1. The minimum absolute atomic E-state index is 0.303. The molecule has 0 saturated carbocycles. The summed E-state index contributed by atoms with van der Waals surface area (Å²) >= 11 is 0. The molecule has 0 fully saturated rings. The predicted octanol–water partition coefficient (Wildman–Crippen LogP) is 8.03. The lowest BCUT2D eigenvalue weighted by molar-refractivity contribution is 0.0955. The van der Waals surface area contributed by atoms with Crippen molar-refractivity contribution in [1.29, 1.82) is 5.26 Å². The van der Waals surface area contributed by atoms with Crippen molar-refractivity contribution in [2.45, 2.75) is 6.61 Å². The maximum atomic E-state index is 12.9. The van der Waals surface area contributed by atoms with Gasteiger partial charge in [0.15, 0.2) is 0 Å². The Morgan fingerprint density at radius 3 is 1.93 bits per heavy atom. The smallest absolute Gasteiger partial charge is 0.271 e. The van der Waals surface area contributed by atoms with E-state index in [-0.39, 0.29) is 5.91 Å². The zero-order valence-corrected chi connectivity index (χ0v) is 23.8. The Morgan fingerprint density at radius 2 is 1.32 bits per heavy atom. The second kappa shape index (κ2) is 13.2. The second-order valence-corrected chi connectivity index (χ2v) is 10.0. The SMILES string of the molecule is N#Cc1ccccc1COc1ccc(/C=N\NC(=O)c2ccc(-n3c(-c4ccccc4)ccc3-c3ccccc3)cc2)cc1. The van der Waals surface area contributed by atoms with E-state index in [1.165, 1.54) is 0 Å². The van der Waals surface area contributed by atoms with Crippen molar-refractivity contribution in [2.75, 3.05) is 0 Å². The maximum Gasteiger partial charge on any atom is 0.271 e. The summed E-state index contributed by atoms with van der Waals surface area (Å²) in [5.41, 5.74) is 10.6. The van der Waals surface area contributed by atoms with Gasteiger partial charge < -0.3 is 9.30 Å². The molecule has 6 aromatic rings. The first kappa shape index (κ1) is 28.0. The monoisotopic (exact) mass is 572 g/mol. The van der Waals surface area contributed by atoms with Crippen LogP contribution in [0.1, 0.15) is 27.0 Å². The van der Waals surface area contributed by atoms with Gasteiger partial charge in [0.1, 0.15) is 12.4 Å². The Balaban J connectivity index is 1.12. The van der Waals surface area contributed by atoms with E-state index in [4.69, 9.17) is 4.74 Å². The molecule has 0 aliphatic rings. The van der Waals surface area contributed by atoms with Crippen molar-refractivity contribution < 1.29 is 9.53 Å². The Kier molecular flexibility index (Phi) is 8.38. The normalized spacial score (nSPS) is 10.8. The zero-order valence-electron chi connectivity index (χ0n) is 23.8. The molecule has 1 aromatic heterocycles. The molecule has 1 amide bonds. The number of amides is 1. The van der Waals surface area contributed by atoms with Crippen molar-refractivity contribution in [3.63, 3.8) is 0 Å². The number of aromatic nitrogens is 1. The Morgan fingerprint density at radius 1 is 0.727 bits per heavy atom. The van der Waals surface area contributed by atoms with Gasteiger partial charge in [-0.1, -0.05) is 78.9 Å². The molecule has 6 heteroatoms. The third-order valence-corrected chi connectivity index (χ3v) is 7.20. The van der Waals surface area contributed by atoms with Crippen LogP contribution in [0, 0.1) is 11.3 Å². The number of benzene rings is 5. The van der Waals surface area contributed by atoms with Crippen molar-refractivity contribution in [3.05, 3.63) is 168 Å². The molecule has 0 bridgehead atoms. The Bertz CT molecular complexity index is 1880. The molecule has 1 heterocycles. The highest BCUT2D eigenvalue weighted by molar-refractivity contribution is 5.95. The van der Waals surface area contributed by atoms with E-state index in [2.05, 4.69) is 57.6 Å². The van der Waals surface area contributed by atoms with Gasteiger partial charge in [-0.3, -0.25) is 4.79 Å². The van der Waals surface area contributed by atoms with Crippen LogP contribution < -0.4 is 10.2 Å². The quantitative estimate of drug-likeness (QED) is 0.141. The van der Waals surface area contributed by atoms with Crippen molar-refractivity contribution in [2.24, 2.45) is 5.10 Å². The maximum absolute atomic E-state index is 12.9. The summed E-state index contributed by atoms with van der Waals surface area (Å²) in [6.45, 7) is 0.303. The fraction of sp³-hybridized carbons (Fsp3) is 0.0263. The molecule has 0 atom stereocenters. The standard InChI is InChI=1S/C38H28N4O2/c39-25-32-13-7-8-14-33(32)27-44-35-21-15-28(16-22-35)26-40-41-38(43)31-17-19-34(20-18-31)42-36(29-9-3-1-4-10-29)23-24-37(42)30-11-5-2-6-12-30/h1-24,26H,27H2,(H,41,43)/b40-26-. The lowest BCUT2D eigenvalue weighted by Crippen LogP contribution is -2.17. The number of ether oxygens (including phenoxy) is 1. The van der Waals surface area contributed by atoms with Crippen LogP contribution in [0.4, 0.5) is 0 Å². The van der Waals surface area contributed by atoms with Gasteiger partial charge in [-0.05, 0) is 83.4 Å². The van der Waals surface area contributed by atoms with Crippen LogP contribution >= 0.6 is 0 Å². The van der Waals surface area contributed by atoms with Gasteiger partial charge in [0.2, 0.25) is 0 Å². The van der Waals surface area contributed by atoms with Crippen molar-refractivity contribution in [1.82, 2.24) is 9.99 Å². The molecular formula is C38H28N4O2. The first-order valence-electron chi connectivity index (χ1n) is 14.2. The molecular weight excluding hydrogens is 544 g/mol. The van der Waals surface area contributed by atoms with Gasteiger partial charge in [0, 0.05) is 16.8 Å². The van der Waals surface area contributed by atoms with Crippen molar-refractivity contribution >= 4 is 12.1 Å². The largest absolute Gasteiger partial charge is 0.489 e. The van der Waals surface area contributed by atoms with Crippen LogP contribution in [0.25, 0.3) is 28.2 Å². The summed E-state index contributed by atoms with van der Waals surface area (Å²) < 4.78 is 8.03. The zero-order chi connectivity index (χ0) is 30.1. The summed E-state index contributed by atoms with van der Waals surface area (Å²) in [4.78, 5) is 12.9. The van der Waals surface area contributed by atoms with E-state index in [1.807, 2.05) is 91.0 Å². The molecule has 0 aliphatic heterocycles. The highest BCUT2D eigenvalue weighted by atomic mass is 16.5. The van der Waals surface area contributed by atoms with Crippen molar-refractivity contribution in [3.8, 4) is 40.0 Å². The third-order valence-electron chi connectivity index (χ3n) is 7.20. The molecule has 5 aromatic carbocycles. The predicted molar refractivity (Wildman–Crippen MR) is 174 cm³/mol. The first-order valence-corrected chi connectivity index (χ1v) is 14.2. The van der Waals surface area contributed by atoms with Crippen LogP contribution in [0.15, 0.2) is 151 Å². The molecule has 6 rings (SSSR count). The summed E-state index contributed by atoms with van der Waals surface area (Å²) in [5.74, 6) is 0.371. The molecule has 0 unspecified atom stereocenters. The number of rotatable bonds is 9. The highest BCUT2D eigenvalue weighted by Crippen LogP contribution is 2.32. The Labute approximate surface area is 256 Å². The fourth-order valence-electron chi connectivity index (χ4n) is 4.94. The third kappa shape index (κ3) is 6.33. The van der Waals surface area contributed by atoms with Crippen LogP contribution in [0.3, 0.4) is 0 Å². The van der Waals surface area contributed by atoms with Gasteiger partial charge in [-0.2, -0.15) is 10.4 Å². The average molecular weight is 573 g/mol. The van der Waals surface area contributed by atoms with E-state index in [1.54, 1.807) is 24.4 Å². The number of hydrogen-bond donors (Lipinski definition) is 1. The van der Waals surface area contributed by atoms with Crippen LogP contribution in [-0.4, -0.2) is 16.7 Å². The fourth-order valence-corrected chi connectivity index (χ4v) is 4.94. The number of hydrazone groups is 1. The molecule has 1 N–H and O–H groups in total. The van der Waals surface area contributed by atoms with Crippen LogP contribution in [0.5, 0.6) is 5.75 Å². The number of hydrogen-bond acceptors (Lipinski definition) is 4. The highest BCUT2D eigenvalue weighted by Gasteiger charge is 2.14. The summed E-state index contributed by atoms with van der Waals surface area (Å²) in [6.07, 6.45) is 1.58. The summed E-state index contributed by atoms with van der Waals surface area (Å²) in [6, 6.07) is 49.2.